The molecule has 0 saturated heterocycles. The highest BCUT2D eigenvalue weighted by Crippen LogP contribution is 2.28. The Morgan fingerprint density at radius 2 is 2.28 bits per heavy atom. The predicted octanol–water partition coefficient (Wildman–Crippen LogP) is 2.42. The molecular formula is C13H17ClN2O2. The molecule has 98 valence electrons. The fourth-order valence-corrected chi connectivity index (χ4v) is 2.31. The lowest BCUT2D eigenvalue weighted by molar-refractivity contribution is 0.00299. The molecule has 1 aromatic rings. The number of anilines is 1. The molecule has 0 aliphatic heterocycles. The molecule has 2 rings (SSSR count). The van der Waals surface area contributed by atoms with Crippen molar-refractivity contribution in [2.24, 2.45) is 5.73 Å². The van der Waals surface area contributed by atoms with Gasteiger partial charge in [0.05, 0.1) is 16.7 Å². The van der Waals surface area contributed by atoms with Crippen LogP contribution in [0.25, 0.3) is 0 Å². The number of carbonyl (C=O) groups excluding carboxylic acids is 1. The summed E-state index contributed by atoms with van der Waals surface area (Å²) in [6.45, 7) is 2.75. The molecule has 18 heavy (non-hydrogen) atoms. The monoisotopic (exact) mass is 268 g/mol. The molecule has 0 bridgehead atoms. The van der Waals surface area contributed by atoms with Crippen molar-refractivity contribution in [2.45, 2.75) is 31.9 Å². The predicted molar refractivity (Wildman–Crippen MR) is 72.0 cm³/mol. The first-order valence-electron chi connectivity index (χ1n) is 6.07. The standard InChI is InChI=1S/C13H17ClN2O2/c1-2-18-10-5-9(6-10)16-8-3-4-12(14)11(7-8)13(15)17/h3-4,7,9-10,16H,2,5-6H2,1H3,(H2,15,17). The number of nitrogens with two attached hydrogens (primary N) is 1. The van der Waals surface area contributed by atoms with Crippen LogP contribution >= 0.6 is 11.6 Å². The zero-order valence-electron chi connectivity index (χ0n) is 10.3. The first kappa shape index (κ1) is 13.2. The zero-order chi connectivity index (χ0) is 13.1. The molecular weight excluding hydrogens is 252 g/mol. The lowest BCUT2D eigenvalue weighted by Crippen LogP contribution is -2.40. The fourth-order valence-electron chi connectivity index (χ4n) is 2.09. The van der Waals surface area contributed by atoms with Crippen molar-refractivity contribution in [2.75, 3.05) is 11.9 Å². The number of primary amides is 1. The van der Waals surface area contributed by atoms with Crippen LogP contribution in [-0.4, -0.2) is 24.7 Å². The number of rotatable bonds is 5. The maximum atomic E-state index is 11.2. The van der Waals surface area contributed by atoms with E-state index in [1.54, 1.807) is 12.1 Å². The van der Waals surface area contributed by atoms with E-state index < -0.39 is 5.91 Å². The van der Waals surface area contributed by atoms with Crippen molar-refractivity contribution >= 4 is 23.2 Å². The maximum Gasteiger partial charge on any atom is 0.250 e. The van der Waals surface area contributed by atoms with E-state index in [1.165, 1.54) is 0 Å². The van der Waals surface area contributed by atoms with E-state index in [0.29, 0.717) is 22.7 Å². The Morgan fingerprint density at radius 3 is 2.89 bits per heavy atom. The van der Waals surface area contributed by atoms with Gasteiger partial charge in [-0.2, -0.15) is 0 Å². The first-order chi connectivity index (χ1) is 8.60. The molecule has 0 unspecified atom stereocenters. The summed E-state index contributed by atoms with van der Waals surface area (Å²) in [5.74, 6) is -0.510. The van der Waals surface area contributed by atoms with Crippen molar-refractivity contribution < 1.29 is 9.53 Å². The van der Waals surface area contributed by atoms with Crippen molar-refractivity contribution in [3.05, 3.63) is 28.8 Å². The number of carbonyl (C=O) groups is 1. The van der Waals surface area contributed by atoms with Gasteiger partial charge in [0, 0.05) is 18.3 Å². The van der Waals surface area contributed by atoms with Gasteiger partial charge >= 0.3 is 0 Å². The Hall–Kier alpha value is -1.26. The molecule has 0 heterocycles. The molecule has 1 saturated carbocycles. The summed E-state index contributed by atoms with van der Waals surface area (Å²) in [6.07, 6.45) is 2.33. The van der Waals surface area contributed by atoms with Crippen LogP contribution < -0.4 is 11.1 Å². The SMILES string of the molecule is CCOC1CC(Nc2ccc(Cl)c(C(N)=O)c2)C1. The van der Waals surface area contributed by atoms with E-state index in [9.17, 15) is 4.79 Å². The minimum Gasteiger partial charge on any atom is -0.382 e. The number of hydrogen-bond donors (Lipinski definition) is 2. The molecule has 1 aliphatic carbocycles. The van der Waals surface area contributed by atoms with Gasteiger partial charge in [-0.3, -0.25) is 4.79 Å². The molecule has 0 spiro atoms. The average molecular weight is 269 g/mol. The number of hydrogen-bond acceptors (Lipinski definition) is 3. The van der Waals surface area contributed by atoms with Gasteiger partial charge in [-0.15, -0.1) is 0 Å². The third kappa shape index (κ3) is 2.94. The van der Waals surface area contributed by atoms with Crippen LogP contribution in [-0.2, 0) is 4.74 Å². The van der Waals surface area contributed by atoms with Crippen LogP contribution in [0.1, 0.15) is 30.1 Å². The highest BCUT2D eigenvalue weighted by molar-refractivity contribution is 6.33. The Balaban J connectivity index is 1.95. The highest BCUT2D eigenvalue weighted by Gasteiger charge is 2.29. The van der Waals surface area contributed by atoms with Gasteiger partial charge in [-0.05, 0) is 38.0 Å². The van der Waals surface area contributed by atoms with Gasteiger partial charge in [0.2, 0.25) is 5.91 Å². The summed E-state index contributed by atoms with van der Waals surface area (Å²) in [5, 5.41) is 3.73. The van der Waals surface area contributed by atoms with Gasteiger partial charge in [0.15, 0.2) is 0 Å². The van der Waals surface area contributed by atoms with Crippen molar-refractivity contribution in [1.29, 1.82) is 0 Å². The van der Waals surface area contributed by atoms with Crippen molar-refractivity contribution in [3.8, 4) is 0 Å². The minimum atomic E-state index is -0.510. The Labute approximate surface area is 111 Å². The van der Waals surface area contributed by atoms with Gasteiger partial charge in [-0.25, -0.2) is 0 Å². The van der Waals surface area contributed by atoms with Gasteiger partial charge < -0.3 is 15.8 Å². The Morgan fingerprint density at radius 1 is 1.56 bits per heavy atom. The van der Waals surface area contributed by atoms with Crippen LogP contribution in [0.2, 0.25) is 5.02 Å². The van der Waals surface area contributed by atoms with E-state index in [-0.39, 0.29) is 0 Å². The molecule has 5 heteroatoms. The molecule has 1 aromatic carbocycles. The fraction of sp³-hybridized carbons (Fsp3) is 0.462. The largest absolute Gasteiger partial charge is 0.382 e. The lowest BCUT2D eigenvalue weighted by Gasteiger charge is -2.36. The number of nitrogens with one attached hydrogen (secondary N) is 1. The second kappa shape index (κ2) is 5.59. The second-order valence-electron chi connectivity index (χ2n) is 4.45. The first-order valence-corrected chi connectivity index (χ1v) is 6.45. The molecule has 1 fully saturated rings. The van der Waals surface area contributed by atoms with Crippen LogP contribution in [0.5, 0.6) is 0 Å². The summed E-state index contributed by atoms with van der Waals surface area (Å²) in [7, 11) is 0. The number of amides is 1. The maximum absolute atomic E-state index is 11.2. The van der Waals surface area contributed by atoms with E-state index in [0.717, 1.165) is 25.1 Å². The second-order valence-corrected chi connectivity index (χ2v) is 4.86. The van der Waals surface area contributed by atoms with Crippen molar-refractivity contribution in [1.82, 2.24) is 0 Å². The molecule has 0 radical (unpaired) electrons. The van der Waals surface area contributed by atoms with Crippen LogP contribution in [0.4, 0.5) is 5.69 Å². The molecule has 0 aromatic heterocycles. The topological polar surface area (TPSA) is 64.3 Å². The van der Waals surface area contributed by atoms with Gasteiger partial charge in [0.25, 0.3) is 0 Å². The smallest absolute Gasteiger partial charge is 0.250 e. The normalized spacial score (nSPS) is 22.3. The zero-order valence-corrected chi connectivity index (χ0v) is 11.0. The van der Waals surface area contributed by atoms with Gasteiger partial charge in [-0.1, -0.05) is 11.6 Å². The summed E-state index contributed by atoms with van der Waals surface area (Å²) in [6, 6.07) is 5.62. The number of benzene rings is 1. The van der Waals surface area contributed by atoms with Crippen LogP contribution in [0, 0.1) is 0 Å². The third-order valence-electron chi connectivity index (χ3n) is 3.10. The van der Waals surface area contributed by atoms with Crippen LogP contribution in [0.15, 0.2) is 18.2 Å². The van der Waals surface area contributed by atoms with Crippen molar-refractivity contribution in [3.63, 3.8) is 0 Å². The summed E-state index contributed by atoms with van der Waals surface area (Å²) >= 11 is 5.89. The Bertz CT molecular complexity index is 445. The summed E-state index contributed by atoms with van der Waals surface area (Å²) < 4.78 is 5.49. The van der Waals surface area contributed by atoms with E-state index >= 15 is 0 Å². The highest BCUT2D eigenvalue weighted by atomic mass is 35.5. The third-order valence-corrected chi connectivity index (χ3v) is 3.43. The van der Waals surface area contributed by atoms with Crippen LogP contribution in [0.3, 0.4) is 0 Å². The van der Waals surface area contributed by atoms with E-state index in [1.807, 2.05) is 13.0 Å². The number of halogens is 1. The van der Waals surface area contributed by atoms with Gasteiger partial charge in [0.1, 0.15) is 0 Å². The summed E-state index contributed by atoms with van der Waals surface area (Å²) in [4.78, 5) is 11.2. The molecule has 0 atom stereocenters. The average Bonchev–Trinajstić information content (AvgIpc) is 2.28. The summed E-state index contributed by atoms with van der Waals surface area (Å²) in [5.41, 5.74) is 6.47. The molecule has 4 nitrogen and oxygen atoms in total. The quantitative estimate of drug-likeness (QED) is 0.862. The minimum absolute atomic E-state index is 0.349. The van der Waals surface area contributed by atoms with E-state index in [4.69, 9.17) is 22.1 Å². The molecule has 1 aliphatic rings. The number of ether oxygens (including phenoxy) is 1. The molecule has 3 N–H and O–H groups in total. The Kier molecular flexibility index (Phi) is 4.09. The molecule has 1 amide bonds. The van der Waals surface area contributed by atoms with E-state index in [2.05, 4.69) is 5.32 Å². The lowest BCUT2D eigenvalue weighted by atomic mass is 9.89.